The summed E-state index contributed by atoms with van der Waals surface area (Å²) in [5.41, 5.74) is 4.90. The van der Waals surface area contributed by atoms with Crippen LogP contribution in [-0.2, 0) is 24.9 Å². The van der Waals surface area contributed by atoms with Crippen molar-refractivity contribution >= 4 is 33.9 Å². The molecule has 1 aliphatic rings. The Labute approximate surface area is 229 Å². The third-order valence-corrected chi connectivity index (χ3v) is 7.61. The van der Waals surface area contributed by atoms with Crippen LogP contribution in [0.25, 0.3) is 22.2 Å². The van der Waals surface area contributed by atoms with Gasteiger partial charge in [-0.2, -0.15) is 0 Å². The Hall–Kier alpha value is -4.56. The summed E-state index contributed by atoms with van der Waals surface area (Å²) in [5, 5.41) is 1.65. The van der Waals surface area contributed by atoms with Crippen molar-refractivity contribution in [3.05, 3.63) is 108 Å². The Morgan fingerprint density at radius 3 is 2.41 bits per heavy atom. The quantitative estimate of drug-likeness (QED) is 0.244. The summed E-state index contributed by atoms with van der Waals surface area (Å²) in [7, 11) is 1.96. The van der Waals surface area contributed by atoms with Crippen molar-refractivity contribution < 1.29 is 19.1 Å². The van der Waals surface area contributed by atoms with Gasteiger partial charge in [0.25, 0.3) is 5.24 Å². The Morgan fingerprint density at radius 2 is 1.64 bits per heavy atom. The molecule has 7 nitrogen and oxygen atoms in total. The molecule has 1 aliphatic heterocycles. The molecule has 0 radical (unpaired) electrons. The number of carbonyl (C=O) groups excluding carboxylic acids is 2. The molecule has 1 fully saturated rings. The summed E-state index contributed by atoms with van der Waals surface area (Å²) in [6.45, 7) is 0.299. The smallest absolute Gasteiger partial charge is 0.286 e. The highest BCUT2D eigenvalue weighted by Gasteiger charge is 2.31. The lowest BCUT2D eigenvalue weighted by atomic mass is 10.0. The summed E-state index contributed by atoms with van der Waals surface area (Å²) in [4.78, 5) is 27.9. The molecule has 39 heavy (non-hydrogen) atoms. The van der Waals surface area contributed by atoms with Gasteiger partial charge in [-0.25, -0.2) is 4.98 Å². The minimum Gasteiger partial charge on any atom is -0.486 e. The molecule has 194 valence electrons. The van der Waals surface area contributed by atoms with E-state index in [1.165, 1.54) is 0 Å². The highest BCUT2D eigenvalue weighted by Crippen LogP contribution is 2.34. The number of fused-ring (bicyclic) bond motifs is 1. The van der Waals surface area contributed by atoms with Crippen molar-refractivity contribution in [1.82, 2.24) is 14.9 Å². The standard InChI is InChI=1S/C31H25N3O4S/c1-34-26-18-23(38-27-10-6-5-9-24(27)21-7-3-2-4-8-21)15-16-25(26)32-29(34)19-37-22-13-11-20(12-14-22)17-28-30(35)33-31(36)39-28/h2-16,18,28H,17,19H2,1H3,(H,33,35,36). The SMILES string of the molecule is Cn1c(COc2ccc(CC3SC(=O)NC3=O)cc2)nc2ccc(Oc3ccccc3-c3ccccc3)cc21. The van der Waals surface area contributed by atoms with E-state index < -0.39 is 0 Å². The second-order valence-electron chi connectivity index (χ2n) is 9.22. The van der Waals surface area contributed by atoms with E-state index in [0.29, 0.717) is 18.8 Å². The lowest BCUT2D eigenvalue weighted by Gasteiger charge is -2.12. The number of nitrogens with zero attached hydrogens (tertiary/aromatic N) is 2. The maximum atomic E-state index is 11.8. The van der Waals surface area contributed by atoms with Crippen LogP contribution in [-0.4, -0.2) is 25.9 Å². The zero-order valence-electron chi connectivity index (χ0n) is 21.2. The first-order valence-electron chi connectivity index (χ1n) is 12.5. The van der Waals surface area contributed by atoms with Crippen molar-refractivity contribution in [3.63, 3.8) is 0 Å². The fraction of sp³-hybridized carbons (Fsp3) is 0.129. The molecule has 1 atom stereocenters. The van der Waals surface area contributed by atoms with Gasteiger partial charge in [-0.1, -0.05) is 72.4 Å². The number of amides is 2. The molecule has 4 aromatic carbocycles. The van der Waals surface area contributed by atoms with E-state index in [2.05, 4.69) is 23.5 Å². The first-order chi connectivity index (χ1) is 19.0. The molecule has 5 aromatic rings. The number of ether oxygens (including phenoxy) is 2. The van der Waals surface area contributed by atoms with Crippen LogP contribution in [0.15, 0.2) is 97.1 Å². The normalized spacial score (nSPS) is 14.9. The van der Waals surface area contributed by atoms with Gasteiger partial charge in [0, 0.05) is 18.7 Å². The number of carbonyl (C=O) groups is 2. The van der Waals surface area contributed by atoms with Crippen LogP contribution in [0.1, 0.15) is 11.4 Å². The molecule has 0 spiro atoms. The maximum Gasteiger partial charge on any atom is 0.286 e. The van der Waals surface area contributed by atoms with Gasteiger partial charge in [0.15, 0.2) is 0 Å². The molecular weight excluding hydrogens is 510 g/mol. The topological polar surface area (TPSA) is 82.5 Å². The average Bonchev–Trinajstić information content (AvgIpc) is 3.45. The number of rotatable bonds is 8. The van der Waals surface area contributed by atoms with Crippen LogP contribution >= 0.6 is 11.8 Å². The number of thioether (sulfide) groups is 1. The largest absolute Gasteiger partial charge is 0.486 e. The maximum absolute atomic E-state index is 11.8. The third kappa shape index (κ3) is 5.37. The van der Waals surface area contributed by atoms with Gasteiger partial charge in [0.2, 0.25) is 5.91 Å². The molecule has 2 amide bonds. The summed E-state index contributed by atoms with van der Waals surface area (Å²) in [5.74, 6) is 2.77. The van der Waals surface area contributed by atoms with E-state index in [4.69, 9.17) is 14.5 Å². The summed E-state index contributed by atoms with van der Waals surface area (Å²) < 4.78 is 14.3. The second-order valence-corrected chi connectivity index (χ2v) is 10.4. The molecule has 1 saturated heterocycles. The number of aromatic nitrogens is 2. The molecule has 0 bridgehead atoms. The molecule has 8 heteroatoms. The van der Waals surface area contributed by atoms with E-state index in [9.17, 15) is 9.59 Å². The highest BCUT2D eigenvalue weighted by molar-refractivity contribution is 8.15. The minimum atomic E-state index is -0.384. The molecule has 1 aromatic heterocycles. The van der Waals surface area contributed by atoms with E-state index in [1.54, 1.807) is 0 Å². The predicted molar refractivity (Wildman–Crippen MR) is 152 cm³/mol. The summed E-state index contributed by atoms with van der Waals surface area (Å²) >= 11 is 1.03. The average molecular weight is 536 g/mol. The van der Waals surface area contributed by atoms with Crippen molar-refractivity contribution in [3.8, 4) is 28.4 Å². The third-order valence-electron chi connectivity index (χ3n) is 6.62. The summed E-state index contributed by atoms with van der Waals surface area (Å²) in [6.07, 6.45) is 0.494. The van der Waals surface area contributed by atoms with Gasteiger partial charge in [0.1, 0.15) is 29.7 Å². The molecule has 2 heterocycles. The number of imide groups is 1. The zero-order chi connectivity index (χ0) is 26.8. The van der Waals surface area contributed by atoms with Gasteiger partial charge in [0.05, 0.1) is 16.3 Å². The lowest BCUT2D eigenvalue weighted by Crippen LogP contribution is -2.25. The van der Waals surface area contributed by atoms with Gasteiger partial charge in [-0.05, 0) is 47.9 Å². The fourth-order valence-electron chi connectivity index (χ4n) is 4.56. The van der Waals surface area contributed by atoms with Crippen LogP contribution in [0.2, 0.25) is 0 Å². The van der Waals surface area contributed by atoms with Gasteiger partial charge >= 0.3 is 0 Å². The summed E-state index contributed by atoms with van der Waals surface area (Å²) in [6, 6.07) is 31.6. The number of hydrogen-bond donors (Lipinski definition) is 1. The molecule has 0 saturated carbocycles. The van der Waals surface area contributed by atoms with E-state index in [0.717, 1.165) is 56.8 Å². The van der Waals surface area contributed by atoms with Crippen molar-refractivity contribution in [2.45, 2.75) is 18.3 Å². The van der Waals surface area contributed by atoms with Crippen LogP contribution in [0.3, 0.4) is 0 Å². The molecule has 1 unspecified atom stereocenters. The highest BCUT2D eigenvalue weighted by atomic mass is 32.2. The van der Waals surface area contributed by atoms with Crippen LogP contribution in [0.4, 0.5) is 4.79 Å². The monoisotopic (exact) mass is 535 g/mol. The Kier molecular flexibility index (Phi) is 6.77. The van der Waals surface area contributed by atoms with E-state index in [1.807, 2.05) is 90.5 Å². The number of hydrogen-bond acceptors (Lipinski definition) is 6. The molecule has 6 rings (SSSR count). The number of aryl methyl sites for hydroxylation is 1. The first-order valence-corrected chi connectivity index (χ1v) is 13.4. The minimum absolute atomic E-state index is 0.235. The Morgan fingerprint density at radius 1 is 0.897 bits per heavy atom. The van der Waals surface area contributed by atoms with Crippen LogP contribution < -0.4 is 14.8 Å². The van der Waals surface area contributed by atoms with Crippen molar-refractivity contribution in [2.24, 2.45) is 7.05 Å². The Bertz CT molecular complexity index is 1670. The molecular formula is C31H25N3O4S. The van der Waals surface area contributed by atoms with Gasteiger partial charge in [-0.15, -0.1) is 0 Å². The number of benzene rings is 4. The molecule has 0 aliphatic carbocycles. The van der Waals surface area contributed by atoms with Gasteiger partial charge < -0.3 is 14.0 Å². The zero-order valence-corrected chi connectivity index (χ0v) is 22.0. The number of imidazole rings is 1. The number of para-hydroxylation sites is 1. The lowest BCUT2D eigenvalue weighted by molar-refractivity contribution is -0.118. The van der Waals surface area contributed by atoms with Crippen molar-refractivity contribution in [2.75, 3.05) is 0 Å². The number of nitrogens with one attached hydrogen (secondary N) is 1. The van der Waals surface area contributed by atoms with Gasteiger partial charge in [-0.3, -0.25) is 14.9 Å². The van der Waals surface area contributed by atoms with Crippen molar-refractivity contribution in [1.29, 1.82) is 0 Å². The van der Waals surface area contributed by atoms with E-state index >= 15 is 0 Å². The fourth-order valence-corrected chi connectivity index (χ4v) is 5.42. The predicted octanol–water partition coefficient (Wildman–Crippen LogP) is 6.51. The molecule has 1 N–H and O–H groups in total. The first kappa shape index (κ1) is 24.8. The second kappa shape index (κ2) is 10.7. The van der Waals surface area contributed by atoms with Crippen LogP contribution in [0.5, 0.6) is 17.2 Å². The Balaban J connectivity index is 1.14. The van der Waals surface area contributed by atoms with Crippen LogP contribution in [0, 0.1) is 0 Å². The van der Waals surface area contributed by atoms with E-state index in [-0.39, 0.29) is 16.4 Å².